The van der Waals surface area contributed by atoms with Crippen LogP contribution < -0.4 is 26.7 Å². The Bertz CT molecular complexity index is 826. The third-order valence-electron chi connectivity index (χ3n) is 8.94. The van der Waals surface area contributed by atoms with Crippen LogP contribution in [-0.2, 0) is 14.3 Å². The zero-order chi connectivity index (χ0) is 26.3. The molecule has 5 fully saturated rings. The van der Waals surface area contributed by atoms with Gasteiger partial charge in [0, 0.05) is 63.2 Å². The van der Waals surface area contributed by atoms with E-state index in [1.807, 2.05) is 4.90 Å². The number of nitrogens with zero attached hydrogens (tertiary/aromatic N) is 2. The summed E-state index contributed by atoms with van der Waals surface area (Å²) in [5.41, 5.74) is 3.16. The average Bonchev–Trinajstić information content (AvgIpc) is 3.59. The minimum atomic E-state index is -0.132. The van der Waals surface area contributed by atoms with Crippen molar-refractivity contribution in [2.75, 3.05) is 39.8 Å². The lowest BCUT2D eigenvalue weighted by Gasteiger charge is -2.45. The van der Waals surface area contributed by atoms with Crippen LogP contribution >= 0.6 is 23.4 Å². The number of likely N-dealkylation sites (tertiary alicyclic amines) is 1. The Hall–Kier alpha value is -0.660. The Morgan fingerprint density at radius 2 is 1.95 bits per heavy atom. The van der Waals surface area contributed by atoms with Crippen molar-refractivity contribution in [1.82, 2.24) is 36.6 Å². The molecule has 0 radical (unpaired) electrons. The van der Waals surface area contributed by atoms with E-state index in [4.69, 9.17) is 16.3 Å². The first-order valence-corrected chi connectivity index (χ1v) is 15.3. The molecule has 0 spiro atoms. The SMILES string of the molecule is COC1CNC(Cl)CC1C1CC(C)NCC1C(=O)NC1NC2CN(C(=O)C3CCN(C(C)C)N3)CC2S1. The van der Waals surface area contributed by atoms with Gasteiger partial charge in [-0.25, -0.2) is 10.4 Å². The molecule has 10 atom stereocenters. The summed E-state index contributed by atoms with van der Waals surface area (Å²) in [6, 6.07) is 0.810. The highest BCUT2D eigenvalue weighted by Crippen LogP contribution is 2.38. The highest BCUT2D eigenvalue weighted by Gasteiger charge is 2.47. The summed E-state index contributed by atoms with van der Waals surface area (Å²) in [7, 11) is 1.75. The molecule has 5 saturated heterocycles. The highest BCUT2D eigenvalue weighted by molar-refractivity contribution is 8.00. The molecule has 5 aliphatic rings. The third kappa shape index (κ3) is 6.09. The fraction of sp³-hybridized carbons (Fsp3) is 0.920. The van der Waals surface area contributed by atoms with Crippen LogP contribution in [-0.4, -0.2) is 108 Å². The minimum absolute atomic E-state index is 0.0597. The number of hydrogen-bond donors (Lipinski definition) is 5. The maximum Gasteiger partial charge on any atom is 0.241 e. The molecule has 5 heterocycles. The molecule has 0 bridgehead atoms. The molecule has 0 aromatic heterocycles. The van der Waals surface area contributed by atoms with Crippen molar-refractivity contribution in [3.8, 4) is 0 Å². The predicted octanol–water partition coefficient (Wildman–Crippen LogP) is 0.0929. The number of piperidine rings is 2. The molecule has 12 heteroatoms. The van der Waals surface area contributed by atoms with Gasteiger partial charge in [0.25, 0.3) is 0 Å². The Kier molecular flexibility index (Phi) is 8.92. The zero-order valence-corrected chi connectivity index (χ0v) is 24.0. The van der Waals surface area contributed by atoms with E-state index >= 15 is 0 Å². The summed E-state index contributed by atoms with van der Waals surface area (Å²) in [5.74, 6) is 0.615. The van der Waals surface area contributed by atoms with E-state index < -0.39 is 0 Å². The normalized spacial score (nSPS) is 42.8. The number of halogens is 1. The number of nitrogens with one attached hydrogen (secondary N) is 5. The lowest BCUT2D eigenvalue weighted by atomic mass is 9.70. The number of hydrazine groups is 1. The number of alkyl halides is 1. The number of carbonyl (C=O) groups excluding carboxylic acids is 2. The monoisotopic (exact) mass is 557 g/mol. The van der Waals surface area contributed by atoms with Gasteiger partial charge < -0.3 is 20.3 Å². The number of thioether (sulfide) groups is 1. The van der Waals surface area contributed by atoms with Crippen LogP contribution in [0.4, 0.5) is 0 Å². The molecule has 0 aromatic rings. The third-order valence-corrected chi connectivity index (χ3v) is 10.6. The first kappa shape index (κ1) is 27.9. The fourth-order valence-corrected chi connectivity index (χ4v) is 8.55. The molecule has 0 aliphatic carbocycles. The molecule has 5 aliphatic heterocycles. The molecule has 210 valence electrons. The first-order valence-electron chi connectivity index (χ1n) is 13.9. The van der Waals surface area contributed by atoms with E-state index in [1.165, 1.54) is 0 Å². The van der Waals surface area contributed by atoms with Gasteiger partial charge in [-0.1, -0.05) is 0 Å². The number of ether oxygens (including phenoxy) is 1. The largest absolute Gasteiger partial charge is 0.380 e. The van der Waals surface area contributed by atoms with Crippen molar-refractivity contribution >= 4 is 35.2 Å². The van der Waals surface area contributed by atoms with Crippen LogP contribution in [0.15, 0.2) is 0 Å². The van der Waals surface area contributed by atoms with Crippen molar-refractivity contribution < 1.29 is 14.3 Å². The van der Waals surface area contributed by atoms with Crippen molar-refractivity contribution in [1.29, 1.82) is 0 Å². The topological polar surface area (TPSA) is 110 Å². The van der Waals surface area contributed by atoms with Crippen molar-refractivity contribution in [2.45, 2.75) is 86.6 Å². The van der Waals surface area contributed by atoms with Gasteiger partial charge in [0.1, 0.15) is 11.5 Å². The van der Waals surface area contributed by atoms with Gasteiger partial charge in [-0.05, 0) is 51.9 Å². The van der Waals surface area contributed by atoms with E-state index in [1.54, 1.807) is 18.9 Å². The van der Waals surface area contributed by atoms with E-state index in [-0.39, 0.29) is 64.0 Å². The molecular weight excluding hydrogens is 514 g/mol. The van der Waals surface area contributed by atoms with Gasteiger partial charge >= 0.3 is 0 Å². The smallest absolute Gasteiger partial charge is 0.241 e. The molecule has 2 amide bonds. The lowest BCUT2D eigenvalue weighted by molar-refractivity contribution is -0.133. The van der Waals surface area contributed by atoms with Crippen LogP contribution in [0.25, 0.3) is 0 Å². The summed E-state index contributed by atoms with van der Waals surface area (Å²) in [5, 5.41) is 16.1. The zero-order valence-electron chi connectivity index (χ0n) is 22.4. The van der Waals surface area contributed by atoms with Crippen LogP contribution in [0.1, 0.15) is 40.0 Å². The Morgan fingerprint density at radius 3 is 2.65 bits per heavy atom. The Morgan fingerprint density at radius 1 is 1.14 bits per heavy atom. The molecule has 5 N–H and O–H groups in total. The van der Waals surface area contributed by atoms with Gasteiger partial charge in [-0.3, -0.25) is 20.2 Å². The van der Waals surface area contributed by atoms with Crippen molar-refractivity contribution in [3.63, 3.8) is 0 Å². The molecule has 10 nitrogen and oxygen atoms in total. The summed E-state index contributed by atoms with van der Waals surface area (Å²) >= 11 is 8.22. The van der Waals surface area contributed by atoms with Gasteiger partial charge in [-0.15, -0.1) is 23.4 Å². The quantitative estimate of drug-likeness (QED) is 0.229. The van der Waals surface area contributed by atoms with Crippen LogP contribution in [0, 0.1) is 17.8 Å². The molecule has 0 saturated carbocycles. The van der Waals surface area contributed by atoms with Gasteiger partial charge in [-0.2, -0.15) is 0 Å². The molecular formula is C25H44ClN7O3S. The van der Waals surface area contributed by atoms with Crippen LogP contribution in [0.5, 0.6) is 0 Å². The first-order chi connectivity index (χ1) is 17.7. The minimum Gasteiger partial charge on any atom is -0.380 e. The number of amides is 2. The Labute approximate surface area is 230 Å². The second kappa shape index (κ2) is 11.8. The van der Waals surface area contributed by atoms with Crippen molar-refractivity contribution in [3.05, 3.63) is 0 Å². The summed E-state index contributed by atoms with van der Waals surface area (Å²) in [6.07, 6.45) is 2.65. The van der Waals surface area contributed by atoms with Gasteiger partial charge in [0.15, 0.2) is 0 Å². The number of carbonyl (C=O) groups is 2. The number of rotatable bonds is 6. The fourth-order valence-electron chi connectivity index (χ4n) is 6.85. The summed E-state index contributed by atoms with van der Waals surface area (Å²) in [6.45, 7) is 10.2. The standard InChI is InChI=1S/C25H44ClN7O3S/c1-13(2)33-6-5-18(31-33)24(35)32-11-19-21(12-32)37-25(29-19)30-23(34)17-9-27-14(3)7-15(17)16-8-22(26)28-10-20(16)36-4/h13-22,25,27-29,31H,5-12H2,1-4H3,(H,30,34). The molecule has 5 rings (SSSR count). The highest BCUT2D eigenvalue weighted by atomic mass is 35.5. The molecule has 37 heavy (non-hydrogen) atoms. The number of hydrogen-bond acceptors (Lipinski definition) is 9. The maximum absolute atomic E-state index is 13.6. The molecule has 10 unspecified atom stereocenters. The second-order valence-electron chi connectivity index (χ2n) is 11.7. The van der Waals surface area contributed by atoms with Crippen LogP contribution in [0.2, 0.25) is 0 Å². The number of methoxy groups -OCH3 is 1. The van der Waals surface area contributed by atoms with E-state index in [9.17, 15) is 9.59 Å². The van der Waals surface area contributed by atoms with E-state index in [0.29, 0.717) is 31.7 Å². The van der Waals surface area contributed by atoms with E-state index in [2.05, 4.69) is 52.5 Å². The molecule has 0 aromatic carbocycles. The summed E-state index contributed by atoms with van der Waals surface area (Å²) in [4.78, 5) is 28.7. The van der Waals surface area contributed by atoms with Crippen molar-refractivity contribution in [2.24, 2.45) is 17.8 Å². The second-order valence-corrected chi connectivity index (χ2v) is 13.6. The average molecular weight is 558 g/mol. The van der Waals surface area contributed by atoms with Gasteiger partial charge in [0.2, 0.25) is 11.8 Å². The summed E-state index contributed by atoms with van der Waals surface area (Å²) < 4.78 is 5.81. The Balaban J connectivity index is 1.15. The number of fused-ring (bicyclic) bond motifs is 1. The van der Waals surface area contributed by atoms with Crippen LogP contribution in [0.3, 0.4) is 0 Å². The lowest BCUT2D eigenvalue weighted by Crippen LogP contribution is -2.57. The maximum atomic E-state index is 13.6. The van der Waals surface area contributed by atoms with E-state index in [0.717, 1.165) is 32.4 Å². The van der Waals surface area contributed by atoms with Gasteiger partial charge in [0.05, 0.1) is 17.5 Å². The predicted molar refractivity (Wildman–Crippen MR) is 146 cm³/mol.